The van der Waals surface area contributed by atoms with Gasteiger partial charge in [-0.05, 0) is 38.5 Å². The van der Waals surface area contributed by atoms with Crippen LogP contribution in [0.4, 0.5) is 6.01 Å². The number of hydrogen-bond acceptors (Lipinski definition) is 9. The van der Waals surface area contributed by atoms with Crippen molar-refractivity contribution in [1.82, 2.24) is 10.2 Å². The number of rotatable bonds is 13. The molecule has 0 saturated heterocycles. The lowest BCUT2D eigenvalue weighted by Gasteiger charge is -2.16. The monoisotopic (exact) mass is 503 g/mol. The second kappa shape index (κ2) is 12.2. The highest BCUT2D eigenvalue weighted by Crippen LogP contribution is 2.41. The van der Waals surface area contributed by atoms with Crippen molar-refractivity contribution in [2.24, 2.45) is 0 Å². The summed E-state index contributed by atoms with van der Waals surface area (Å²) in [6.07, 6.45) is -0.237. The maximum atomic E-state index is 12.3. The molecule has 0 radical (unpaired) electrons. The number of carbonyl (C=O) groups excluding carboxylic acids is 1. The molecule has 0 saturated carbocycles. The molecule has 3 rings (SSSR count). The largest absolute Gasteiger partial charge is 0.490 e. The zero-order valence-corrected chi connectivity index (χ0v) is 20.8. The molecular weight excluding hydrogens is 474 g/mol. The molecule has 188 valence electrons. The molecule has 0 aliphatic heterocycles. The van der Waals surface area contributed by atoms with Gasteiger partial charge in [0.1, 0.15) is 0 Å². The lowest BCUT2D eigenvalue weighted by molar-refractivity contribution is -0.116. The number of amides is 1. The number of anilines is 1. The first-order chi connectivity index (χ1) is 16.8. The highest BCUT2D eigenvalue weighted by molar-refractivity contribution is 7.90. The number of ether oxygens (including phenoxy) is 3. The van der Waals surface area contributed by atoms with Crippen LogP contribution in [-0.4, -0.2) is 50.1 Å². The van der Waals surface area contributed by atoms with E-state index < -0.39 is 15.7 Å². The molecule has 0 unspecified atom stereocenters. The van der Waals surface area contributed by atoms with Crippen LogP contribution in [0.2, 0.25) is 0 Å². The van der Waals surface area contributed by atoms with E-state index in [1.165, 1.54) is 0 Å². The topological polar surface area (TPSA) is 130 Å². The summed E-state index contributed by atoms with van der Waals surface area (Å²) in [5.41, 5.74) is 1.18. The minimum absolute atomic E-state index is 0.127. The number of nitrogens with zero attached hydrogens (tertiary/aromatic N) is 2. The molecule has 1 amide bonds. The molecule has 3 aromatic rings. The number of benzene rings is 2. The third-order valence-corrected chi connectivity index (χ3v) is 6.30. The van der Waals surface area contributed by atoms with Crippen molar-refractivity contribution < 1.29 is 31.8 Å². The fourth-order valence-electron chi connectivity index (χ4n) is 3.23. The van der Waals surface area contributed by atoms with E-state index in [0.717, 1.165) is 0 Å². The fourth-order valence-corrected chi connectivity index (χ4v) is 4.57. The van der Waals surface area contributed by atoms with Crippen molar-refractivity contribution >= 4 is 21.8 Å². The predicted molar refractivity (Wildman–Crippen MR) is 130 cm³/mol. The molecule has 2 aromatic carbocycles. The Hall–Kier alpha value is -3.60. The summed E-state index contributed by atoms with van der Waals surface area (Å²) in [5.74, 6) is 0.544. The Morgan fingerprint density at radius 3 is 2.17 bits per heavy atom. The van der Waals surface area contributed by atoms with Gasteiger partial charge in [-0.3, -0.25) is 10.1 Å². The molecule has 11 heteroatoms. The van der Waals surface area contributed by atoms with Crippen LogP contribution in [0.1, 0.15) is 32.8 Å². The molecule has 10 nitrogen and oxygen atoms in total. The van der Waals surface area contributed by atoms with Crippen molar-refractivity contribution in [3.63, 3.8) is 0 Å². The normalized spacial score (nSPS) is 11.2. The molecule has 0 atom stereocenters. The minimum atomic E-state index is -3.46. The third kappa shape index (κ3) is 7.44. The van der Waals surface area contributed by atoms with Gasteiger partial charge < -0.3 is 18.6 Å². The summed E-state index contributed by atoms with van der Waals surface area (Å²) in [4.78, 5) is 12.3. The Morgan fingerprint density at radius 1 is 0.943 bits per heavy atom. The van der Waals surface area contributed by atoms with Crippen molar-refractivity contribution in [3.8, 4) is 28.7 Å². The van der Waals surface area contributed by atoms with Crippen LogP contribution in [0.5, 0.6) is 17.2 Å². The van der Waals surface area contributed by atoms with Gasteiger partial charge in [-0.1, -0.05) is 35.4 Å². The van der Waals surface area contributed by atoms with Gasteiger partial charge in [0.2, 0.25) is 17.5 Å². The molecule has 0 aliphatic carbocycles. The van der Waals surface area contributed by atoms with Crippen LogP contribution in [0.25, 0.3) is 11.5 Å². The van der Waals surface area contributed by atoms with Crippen molar-refractivity contribution in [2.45, 2.75) is 32.9 Å². The van der Waals surface area contributed by atoms with Gasteiger partial charge in [-0.15, -0.1) is 5.10 Å². The van der Waals surface area contributed by atoms with Crippen LogP contribution in [0, 0.1) is 0 Å². The van der Waals surface area contributed by atoms with E-state index in [-0.39, 0.29) is 29.8 Å². The quantitative estimate of drug-likeness (QED) is 0.369. The van der Waals surface area contributed by atoms with Crippen LogP contribution < -0.4 is 19.5 Å². The maximum absolute atomic E-state index is 12.3. The molecule has 1 heterocycles. The van der Waals surface area contributed by atoms with E-state index in [2.05, 4.69) is 15.5 Å². The predicted octanol–water partition coefficient (Wildman–Crippen LogP) is 3.88. The first-order valence-corrected chi connectivity index (χ1v) is 13.1. The van der Waals surface area contributed by atoms with Gasteiger partial charge in [-0.25, -0.2) is 8.42 Å². The number of hydrogen-bond donors (Lipinski definition) is 1. The average molecular weight is 504 g/mol. The van der Waals surface area contributed by atoms with Crippen LogP contribution in [-0.2, 0) is 20.4 Å². The summed E-state index contributed by atoms with van der Waals surface area (Å²) in [6.45, 7) is 6.81. The second-order valence-corrected chi connectivity index (χ2v) is 9.57. The Bertz CT molecular complexity index is 1200. The Kier molecular flexibility index (Phi) is 9.07. The maximum Gasteiger partial charge on any atom is 0.322 e. The van der Waals surface area contributed by atoms with E-state index in [1.54, 1.807) is 36.4 Å². The number of carbonyl (C=O) groups is 1. The van der Waals surface area contributed by atoms with Crippen LogP contribution in [0.3, 0.4) is 0 Å². The van der Waals surface area contributed by atoms with E-state index >= 15 is 0 Å². The zero-order chi connectivity index (χ0) is 25.3. The van der Waals surface area contributed by atoms with Gasteiger partial charge in [0, 0.05) is 12.0 Å². The molecule has 35 heavy (non-hydrogen) atoms. The molecule has 1 N–H and O–H groups in total. The van der Waals surface area contributed by atoms with Crippen molar-refractivity contribution in [3.05, 3.63) is 48.0 Å². The summed E-state index contributed by atoms with van der Waals surface area (Å²) in [6, 6.07) is 12.0. The Morgan fingerprint density at radius 2 is 1.57 bits per heavy atom. The molecule has 1 aromatic heterocycles. The molecule has 0 spiro atoms. The molecule has 0 fully saturated rings. The molecule has 0 bridgehead atoms. The summed E-state index contributed by atoms with van der Waals surface area (Å²) in [5, 5.41) is 10.3. The van der Waals surface area contributed by atoms with Gasteiger partial charge in [0.15, 0.2) is 21.3 Å². The van der Waals surface area contributed by atoms with Crippen LogP contribution in [0.15, 0.2) is 46.9 Å². The second-order valence-electron chi connectivity index (χ2n) is 7.39. The summed E-state index contributed by atoms with van der Waals surface area (Å²) >= 11 is 0. The summed E-state index contributed by atoms with van der Waals surface area (Å²) in [7, 11) is -3.46. The van der Waals surface area contributed by atoms with E-state index in [1.807, 2.05) is 26.8 Å². The number of sulfone groups is 1. The van der Waals surface area contributed by atoms with Gasteiger partial charge in [0.05, 0.1) is 31.3 Å². The average Bonchev–Trinajstić information content (AvgIpc) is 3.29. The van der Waals surface area contributed by atoms with E-state index in [0.29, 0.717) is 48.2 Å². The fraction of sp³-hybridized carbons (Fsp3) is 0.375. The smallest absolute Gasteiger partial charge is 0.322 e. The van der Waals surface area contributed by atoms with Gasteiger partial charge >= 0.3 is 6.01 Å². The third-order valence-electron chi connectivity index (χ3n) is 4.70. The zero-order valence-electron chi connectivity index (χ0n) is 19.9. The minimum Gasteiger partial charge on any atom is -0.490 e. The van der Waals surface area contributed by atoms with E-state index in [9.17, 15) is 13.2 Å². The first kappa shape index (κ1) is 26.0. The van der Waals surface area contributed by atoms with E-state index in [4.69, 9.17) is 18.6 Å². The molecular formula is C24H29N3O7S. The first-order valence-electron chi connectivity index (χ1n) is 11.3. The summed E-state index contributed by atoms with van der Waals surface area (Å²) < 4.78 is 47.3. The van der Waals surface area contributed by atoms with Gasteiger partial charge in [0.25, 0.3) is 0 Å². The van der Waals surface area contributed by atoms with Crippen molar-refractivity contribution in [1.29, 1.82) is 0 Å². The number of nitrogens with one attached hydrogen (secondary N) is 1. The Labute approximate surface area is 204 Å². The standard InChI is InChI=1S/C24H29N3O7S/c1-4-31-19-14-18(15-20(32-5-2)22(19)33-6-3)23-26-27-24(34-23)25-21(28)12-13-35(29,30)16-17-10-8-7-9-11-17/h7-11,14-15H,4-6,12-13,16H2,1-3H3,(H,25,27,28). The lowest BCUT2D eigenvalue weighted by Crippen LogP contribution is -2.18. The highest BCUT2D eigenvalue weighted by atomic mass is 32.2. The molecule has 0 aliphatic rings. The lowest BCUT2D eigenvalue weighted by atomic mass is 10.2. The number of aromatic nitrogens is 2. The van der Waals surface area contributed by atoms with Crippen molar-refractivity contribution in [2.75, 3.05) is 30.9 Å². The van der Waals surface area contributed by atoms with Gasteiger partial charge in [-0.2, -0.15) is 0 Å². The SMILES string of the molecule is CCOc1cc(-c2nnc(NC(=O)CCS(=O)(=O)Cc3ccccc3)o2)cc(OCC)c1OCC. The van der Waals surface area contributed by atoms with Crippen LogP contribution >= 0.6 is 0 Å². The Balaban J connectivity index is 1.69. The highest BCUT2D eigenvalue weighted by Gasteiger charge is 2.20.